The number of thiophene rings is 1. The third-order valence-corrected chi connectivity index (χ3v) is 6.40. The summed E-state index contributed by atoms with van der Waals surface area (Å²) in [4.78, 5) is 43.0. The van der Waals surface area contributed by atoms with E-state index in [1.807, 2.05) is 36.6 Å². The van der Waals surface area contributed by atoms with E-state index in [1.54, 1.807) is 36.4 Å². The average Bonchev–Trinajstić information content (AvgIpc) is 3.36. The smallest absolute Gasteiger partial charge is 0.257 e. The van der Waals surface area contributed by atoms with Gasteiger partial charge in [-0.25, -0.2) is 4.90 Å². The summed E-state index contributed by atoms with van der Waals surface area (Å²) in [6.45, 7) is 2.23. The van der Waals surface area contributed by atoms with Crippen molar-refractivity contribution in [3.05, 3.63) is 87.1 Å². The zero-order valence-corrected chi connectivity index (χ0v) is 18.5. The number of carbonyl (C=O) groups excluding carboxylic acids is 3. The van der Waals surface area contributed by atoms with Crippen molar-refractivity contribution in [1.29, 1.82) is 0 Å². The van der Waals surface area contributed by atoms with Crippen molar-refractivity contribution in [2.75, 3.05) is 4.90 Å². The van der Waals surface area contributed by atoms with Crippen LogP contribution < -0.4 is 4.90 Å². The standard InChI is InChI=1S/C24H21ClN2O3S/c1-16-4-10-19(11-5-16)27-23(29)14-21(24(27)30)26(15-20-3-2-12-31-20)22(28)13-17-6-8-18(25)9-7-17/h2-12,21H,13-15H2,1H3. The molecular weight excluding hydrogens is 432 g/mol. The Bertz CT molecular complexity index is 1090. The predicted octanol–water partition coefficient (Wildman–Crippen LogP) is 4.61. The first kappa shape index (κ1) is 21.3. The highest BCUT2D eigenvalue weighted by Crippen LogP contribution is 2.28. The van der Waals surface area contributed by atoms with Gasteiger partial charge in [0.05, 0.1) is 25.1 Å². The van der Waals surface area contributed by atoms with Crippen LogP contribution in [-0.2, 0) is 27.3 Å². The van der Waals surface area contributed by atoms with Crippen molar-refractivity contribution in [1.82, 2.24) is 4.90 Å². The molecule has 31 heavy (non-hydrogen) atoms. The summed E-state index contributed by atoms with van der Waals surface area (Å²) in [5, 5.41) is 2.52. The maximum Gasteiger partial charge on any atom is 0.257 e. The lowest BCUT2D eigenvalue weighted by Gasteiger charge is -2.27. The highest BCUT2D eigenvalue weighted by molar-refractivity contribution is 7.09. The normalized spacial score (nSPS) is 16.1. The van der Waals surface area contributed by atoms with Gasteiger partial charge in [-0.3, -0.25) is 14.4 Å². The molecule has 5 nitrogen and oxygen atoms in total. The van der Waals surface area contributed by atoms with E-state index in [2.05, 4.69) is 0 Å². The van der Waals surface area contributed by atoms with Gasteiger partial charge in [0.2, 0.25) is 11.8 Å². The molecule has 0 spiro atoms. The zero-order valence-electron chi connectivity index (χ0n) is 17.0. The fraction of sp³-hybridized carbons (Fsp3) is 0.208. The van der Waals surface area contributed by atoms with E-state index >= 15 is 0 Å². The topological polar surface area (TPSA) is 57.7 Å². The third kappa shape index (κ3) is 4.70. The highest BCUT2D eigenvalue weighted by Gasteiger charge is 2.44. The van der Waals surface area contributed by atoms with Crippen LogP contribution in [-0.4, -0.2) is 28.7 Å². The molecule has 0 N–H and O–H groups in total. The van der Waals surface area contributed by atoms with Gasteiger partial charge in [-0.05, 0) is 48.2 Å². The second-order valence-electron chi connectivity index (χ2n) is 7.53. The minimum Gasteiger partial charge on any atom is -0.325 e. The maximum atomic E-state index is 13.3. The molecule has 7 heteroatoms. The Morgan fingerprint density at radius 2 is 1.81 bits per heavy atom. The summed E-state index contributed by atoms with van der Waals surface area (Å²) in [7, 11) is 0. The van der Waals surface area contributed by atoms with Gasteiger partial charge in [0.15, 0.2) is 0 Å². The number of anilines is 1. The number of nitrogens with zero attached hydrogens (tertiary/aromatic N) is 2. The summed E-state index contributed by atoms with van der Waals surface area (Å²) in [6, 6.07) is 17.3. The molecule has 1 fully saturated rings. The molecule has 0 bridgehead atoms. The Morgan fingerprint density at radius 3 is 2.45 bits per heavy atom. The second kappa shape index (κ2) is 9.04. The Morgan fingerprint density at radius 1 is 1.10 bits per heavy atom. The Hall–Kier alpha value is -2.96. The molecule has 2 aromatic carbocycles. The number of amides is 3. The highest BCUT2D eigenvalue weighted by atomic mass is 35.5. The van der Waals surface area contributed by atoms with Gasteiger partial charge >= 0.3 is 0 Å². The molecule has 3 aromatic rings. The summed E-state index contributed by atoms with van der Waals surface area (Å²) >= 11 is 7.46. The number of halogens is 1. The van der Waals surface area contributed by atoms with Crippen molar-refractivity contribution in [2.24, 2.45) is 0 Å². The van der Waals surface area contributed by atoms with Crippen LogP contribution in [0.25, 0.3) is 0 Å². The van der Waals surface area contributed by atoms with Gasteiger partial charge in [0.25, 0.3) is 5.91 Å². The van der Waals surface area contributed by atoms with E-state index < -0.39 is 6.04 Å². The van der Waals surface area contributed by atoms with E-state index in [-0.39, 0.29) is 37.1 Å². The lowest BCUT2D eigenvalue weighted by molar-refractivity contribution is -0.138. The van der Waals surface area contributed by atoms with E-state index in [4.69, 9.17) is 11.6 Å². The molecule has 2 heterocycles. The Kier molecular flexibility index (Phi) is 6.20. The summed E-state index contributed by atoms with van der Waals surface area (Å²) in [6.07, 6.45) is 0.107. The molecule has 0 aliphatic carbocycles. The minimum atomic E-state index is -0.823. The molecule has 1 aliphatic rings. The molecule has 1 aromatic heterocycles. The molecule has 3 amide bonds. The minimum absolute atomic E-state index is 0.0234. The van der Waals surface area contributed by atoms with Crippen molar-refractivity contribution in [3.63, 3.8) is 0 Å². The fourth-order valence-electron chi connectivity index (χ4n) is 3.65. The summed E-state index contributed by atoms with van der Waals surface area (Å²) in [5.41, 5.74) is 2.37. The van der Waals surface area contributed by atoms with Crippen LogP contribution >= 0.6 is 22.9 Å². The number of rotatable bonds is 6. The number of hydrogen-bond donors (Lipinski definition) is 0. The number of hydrogen-bond acceptors (Lipinski definition) is 4. The fourth-order valence-corrected chi connectivity index (χ4v) is 4.47. The first-order chi connectivity index (χ1) is 14.9. The second-order valence-corrected chi connectivity index (χ2v) is 9.00. The van der Waals surface area contributed by atoms with E-state index in [1.165, 1.54) is 21.1 Å². The van der Waals surface area contributed by atoms with Crippen LogP contribution in [0.5, 0.6) is 0 Å². The Labute approximate surface area is 189 Å². The van der Waals surface area contributed by atoms with Crippen LogP contribution in [0, 0.1) is 6.92 Å². The van der Waals surface area contributed by atoms with E-state index in [0.29, 0.717) is 10.7 Å². The van der Waals surface area contributed by atoms with Crippen molar-refractivity contribution in [3.8, 4) is 0 Å². The predicted molar refractivity (Wildman–Crippen MR) is 122 cm³/mol. The number of benzene rings is 2. The van der Waals surface area contributed by atoms with E-state index in [0.717, 1.165) is 16.0 Å². The van der Waals surface area contributed by atoms with Crippen LogP contribution in [0.4, 0.5) is 5.69 Å². The van der Waals surface area contributed by atoms with Crippen LogP contribution in [0.1, 0.15) is 22.4 Å². The van der Waals surface area contributed by atoms with Crippen LogP contribution in [0.15, 0.2) is 66.0 Å². The van der Waals surface area contributed by atoms with Gasteiger partial charge in [0.1, 0.15) is 6.04 Å². The molecule has 1 unspecified atom stereocenters. The molecule has 0 radical (unpaired) electrons. The van der Waals surface area contributed by atoms with Crippen LogP contribution in [0.3, 0.4) is 0 Å². The number of carbonyl (C=O) groups is 3. The maximum absolute atomic E-state index is 13.3. The van der Waals surface area contributed by atoms with Gasteiger partial charge in [-0.1, -0.05) is 47.5 Å². The van der Waals surface area contributed by atoms with Crippen LogP contribution in [0.2, 0.25) is 5.02 Å². The van der Waals surface area contributed by atoms with Gasteiger partial charge in [-0.2, -0.15) is 0 Å². The summed E-state index contributed by atoms with van der Waals surface area (Å²) in [5.74, 6) is -0.864. The molecule has 158 valence electrons. The van der Waals surface area contributed by atoms with Crippen molar-refractivity contribution >= 4 is 46.3 Å². The molecule has 4 rings (SSSR count). The van der Waals surface area contributed by atoms with Crippen molar-refractivity contribution < 1.29 is 14.4 Å². The number of aryl methyl sites for hydroxylation is 1. The number of imide groups is 1. The molecular formula is C24H21ClN2O3S. The molecule has 1 aliphatic heterocycles. The van der Waals surface area contributed by atoms with Crippen molar-refractivity contribution in [2.45, 2.75) is 32.4 Å². The largest absolute Gasteiger partial charge is 0.325 e. The zero-order chi connectivity index (χ0) is 22.0. The first-order valence-corrected chi connectivity index (χ1v) is 11.2. The Balaban J connectivity index is 1.60. The SMILES string of the molecule is Cc1ccc(N2C(=O)CC(N(Cc3cccs3)C(=O)Cc3ccc(Cl)cc3)C2=O)cc1. The lowest BCUT2D eigenvalue weighted by Crippen LogP contribution is -2.45. The van der Waals surface area contributed by atoms with Gasteiger partial charge < -0.3 is 4.90 Å². The summed E-state index contributed by atoms with van der Waals surface area (Å²) < 4.78 is 0. The van der Waals surface area contributed by atoms with E-state index in [9.17, 15) is 14.4 Å². The third-order valence-electron chi connectivity index (χ3n) is 5.29. The monoisotopic (exact) mass is 452 g/mol. The average molecular weight is 453 g/mol. The molecule has 1 saturated heterocycles. The first-order valence-electron chi connectivity index (χ1n) is 9.92. The molecule has 1 atom stereocenters. The quantitative estimate of drug-likeness (QED) is 0.513. The molecule has 0 saturated carbocycles. The lowest BCUT2D eigenvalue weighted by atomic mass is 10.1. The van der Waals surface area contributed by atoms with Gasteiger partial charge in [-0.15, -0.1) is 11.3 Å². The van der Waals surface area contributed by atoms with Gasteiger partial charge in [0, 0.05) is 9.90 Å².